The maximum Gasteiger partial charge on any atom is 0.0661 e. The predicted octanol–water partition coefficient (Wildman–Crippen LogP) is 2.95. The Morgan fingerprint density at radius 3 is 2.36 bits per heavy atom. The van der Waals surface area contributed by atoms with E-state index >= 15 is 0 Å². The van der Waals surface area contributed by atoms with Crippen LogP contribution in [0, 0.1) is 35.5 Å². The maximum absolute atomic E-state index is 5.98. The smallest absolute Gasteiger partial charge is 0.0661 e. The number of hydrogen-bond donors (Lipinski definition) is 0. The Bertz CT molecular complexity index is 258. The molecule has 0 spiro atoms. The molecule has 80 valence electrons. The molecular formula is C13H22O. The second kappa shape index (κ2) is 2.55. The molecule has 14 heavy (non-hydrogen) atoms. The van der Waals surface area contributed by atoms with Crippen LogP contribution in [0.25, 0.3) is 0 Å². The standard InChI is InChI=1S/C13H22O/c1-7-8(2)10-5-9(7)11-6-14-13(3,4)12(10)11/h7-12H,5-6H2,1-4H3. The zero-order chi connectivity index (χ0) is 10.1. The van der Waals surface area contributed by atoms with Gasteiger partial charge in [0.05, 0.1) is 12.2 Å². The predicted molar refractivity (Wildman–Crippen MR) is 56.9 cm³/mol. The lowest BCUT2D eigenvalue weighted by molar-refractivity contribution is -0.00963. The topological polar surface area (TPSA) is 9.23 Å². The van der Waals surface area contributed by atoms with E-state index in [9.17, 15) is 0 Å². The summed E-state index contributed by atoms with van der Waals surface area (Å²) in [5.41, 5.74) is 0.165. The molecule has 0 aromatic heterocycles. The molecule has 0 aromatic carbocycles. The van der Waals surface area contributed by atoms with E-state index < -0.39 is 0 Å². The molecule has 6 atom stereocenters. The van der Waals surface area contributed by atoms with Crippen LogP contribution in [0.5, 0.6) is 0 Å². The van der Waals surface area contributed by atoms with Crippen LogP contribution in [-0.2, 0) is 4.74 Å². The summed E-state index contributed by atoms with van der Waals surface area (Å²) in [6.07, 6.45) is 1.49. The van der Waals surface area contributed by atoms with Gasteiger partial charge in [0.2, 0.25) is 0 Å². The molecule has 0 radical (unpaired) electrons. The van der Waals surface area contributed by atoms with Gasteiger partial charge in [-0.2, -0.15) is 0 Å². The van der Waals surface area contributed by atoms with Crippen molar-refractivity contribution in [3.63, 3.8) is 0 Å². The Morgan fingerprint density at radius 1 is 1.00 bits per heavy atom. The first-order valence-corrected chi connectivity index (χ1v) is 6.16. The highest BCUT2D eigenvalue weighted by Crippen LogP contribution is 2.63. The molecule has 3 fully saturated rings. The summed E-state index contributed by atoms with van der Waals surface area (Å²) in [5, 5.41) is 0. The third-order valence-electron chi connectivity index (χ3n) is 5.65. The molecule has 1 heterocycles. The zero-order valence-electron chi connectivity index (χ0n) is 9.79. The fourth-order valence-electron chi connectivity index (χ4n) is 4.81. The highest BCUT2D eigenvalue weighted by Gasteiger charge is 2.62. The van der Waals surface area contributed by atoms with Crippen molar-refractivity contribution >= 4 is 0 Å². The van der Waals surface area contributed by atoms with Crippen molar-refractivity contribution in [2.75, 3.05) is 6.61 Å². The van der Waals surface area contributed by atoms with E-state index in [0.29, 0.717) is 0 Å². The lowest BCUT2D eigenvalue weighted by Crippen LogP contribution is -2.39. The van der Waals surface area contributed by atoms with Crippen molar-refractivity contribution in [3.8, 4) is 0 Å². The average molecular weight is 194 g/mol. The fraction of sp³-hybridized carbons (Fsp3) is 1.00. The second-order valence-corrected chi connectivity index (χ2v) is 6.39. The summed E-state index contributed by atoms with van der Waals surface area (Å²) in [4.78, 5) is 0. The summed E-state index contributed by atoms with van der Waals surface area (Å²) in [5.74, 6) is 5.56. The minimum Gasteiger partial charge on any atom is -0.375 e. The van der Waals surface area contributed by atoms with Crippen molar-refractivity contribution < 1.29 is 4.74 Å². The maximum atomic E-state index is 5.98. The molecule has 0 N–H and O–H groups in total. The van der Waals surface area contributed by atoms with Crippen molar-refractivity contribution in [1.29, 1.82) is 0 Å². The Balaban J connectivity index is 1.95. The van der Waals surface area contributed by atoms with Crippen LogP contribution >= 0.6 is 0 Å². The molecule has 2 saturated carbocycles. The van der Waals surface area contributed by atoms with Gasteiger partial charge in [0.1, 0.15) is 0 Å². The van der Waals surface area contributed by atoms with Gasteiger partial charge >= 0.3 is 0 Å². The van der Waals surface area contributed by atoms with E-state index in [1.807, 2.05) is 0 Å². The lowest BCUT2D eigenvalue weighted by atomic mass is 9.66. The molecule has 3 aliphatic rings. The number of fused-ring (bicyclic) bond motifs is 5. The van der Waals surface area contributed by atoms with Crippen LogP contribution in [0.2, 0.25) is 0 Å². The van der Waals surface area contributed by atoms with Gasteiger partial charge in [-0.1, -0.05) is 13.8 Å². The molecule has 3 rings (SSSR count). The van der Waals surface area contributed by atoms with Crippen LogP contribution in [0.4, 0.5) is 0 Å². The van der Waals surface area contributed by atoms with Gasteiger partial charge in [-0.15, -0.1) is 0 Å². The highest BCUT2D eigenvalue weighted by molar-refractivity contribution is 5.09. The molecule has 6 unspecified atom stereocenters. The summed E-state index contributed by atoms with van der Waals surface area (Å²) in [6, 6.07) is 0. The van der Waals surface area contributed by atoms with Crippen LogP contribution in [0.3, 0.4) is 0 Å². The summed E-state index contributed by atoms with van der Waals surface area (Å²) in [6.45, 7) is 10.6. The quantitative estimate of drug-likeness (QED) is 0.576. The molecule has 0 amide bonds. The van der Waals surface area contributed by atoms with Crippen molar-refractivity contribution in [1.82, 2.24) is 0 Å². The van der Waals surface area contributed by atoms with Gasteiger partial charge in [0, 0.05) is 0 Å². The Kier molecular flexibility index (Phi) is 1.68. The van der Waals surface area contributed by atoms with E-state index in [4.69, 9.17) is 4.74 Å². The molecule has 2 bridgehead atoms. The van der Waals surface area contributed by atoms with Crippen LogP contribution in [0.1, 0.15) is 34.1 Å². The average Bonchev–Trinajstić information content (AvgIpc) is 2.69. The number of ether oxygens (including phenoxy) is 1. The van der Waals surface area contributed by atoms with Crippen LogP contribution in [0.15, 0.2) is 0 Å². The van der Waals surface area contributed by atoms with Crippen molar-refractivity contribution in [2.45, 2.75) is 39.7 Å². The molecule has 1 heteroatoms. The Labute approximate surface area is 87.2 Å². The van der Waals surface area contributed by atoms with E-state index in [0.717, 1.165) is 42.1 Å². The largest absolute Gasteiger partial charge is 0.375 e. The summed E-state index contributed by atoms with van der Waals surface area (Å²) >= 11 is 0. The van der Waals surface area contributed by atoms with E-state index in [1.165, 1.54) is 6.42 Å². The van der Waals surface area contributed by atoms with Crippen LogP contribution < -0.4 is 0 Å². The first-order valence-electron chi connectivity index (χ1n) is 6.16. The zero-order valence-corrected chi connectivity index (χ0v) is 9.79. The van der Waals surface area contributed by atoms with E-state index in [1.54, 1.807) is 0 Å². The SMILES string of the molecule is CC1C(C)C2CC1C1COC(C)(C)C21. The Morgan fingerprint density at radius 2 is 1.64 bits per heavy atom. The summed E-state index contributed by atoms with van der Waals surface area (Å²) in [7, 11) is 0. The highest BCUT2D eigenvalue weighted by atomic mass is 16.5. The van der Waals surface area contributed by atoms with Crippen molar-refractivity contribution in [3.05, 3.63) is 0 Å². The molecule has 1 nitrogen and oxygen atoms in total. The summed E-state index contributed by atoms with van der Waals surface area (Å²) < 4.78 is 5.98. The number of hydrogen-bond acceptors (Lipinski definition) is 1. The number of rotatable bonds is 0. The first-order chi connectivity index (χ1) is 6.52. The molecule has 1 saturated heterocycles. The normalized spacial score (nSPS) is 59.1. The van der Waals surface area contributed by atoms with Gasteiger partial charge in [0.15, 0.2) is 0 Å². The van der Waals surface area contributed by atoms with Gasteiger partial charge in [-0.05, 0) is 55.8 Å². The minimum atomic E-state index is 0.165. The lowest BCUT2D eigenvalue weighted by Gasteiger charge is -2.38. The second-order valence-electron chi connectivity index (χ2n) is 6.39. The van der Waals surface area contributed by atoms with Gasteiger partial charge < -0.3 is 4.74 Å². The van der Waals surface area contributed by atoms with Crippen molar-refractivity contribution in [2.24, 2.45) is 35.5 Å². The third-order valence-corrected chi connectivity index (χ3v) is 5.65. The third kappa shape index (κ3) is 0.900. The fourth-order valence-corrected chi connectivity index (χ4v) is 4.81. The van der Waals surface area contributed by atoms with Gasteiger partial charge in [-0.25, -0.2) is 0 Å². The molecule has 2 aliphatic carbocycles. The Hall–Kier alpha value is -0.0400. The van der Waals surface area contributed by atoms with Gasteiger partial charge in [-0.3, -0.25) is 0 Å². The minimum absolute atomic E-state index is 0.165. The molecular weight excluding hydrogens is 172 g/mol. The van der Waals surface area contributed by atoms with E-state index in [2.05, 4.69) is 27.7 Å². The van der Waals surface area contributed by atoms with Gasteiger partial charge in [0.25, 0.3) is 0 Å². The van der Waals surface area contributed by atoms with Crippen LogP contribution in [-0.4, -0.2) is 12.2 Å². The molecule has 0 aromatic rings. The molecule has 1 aliphatic heterocycles. The first kappa shape index (κ1) is 9.21. The monoisotopic (exact) mass is 194 g/mol. The van der Waals surface area contributed by atoms with E-state index in [-0.39, 0.29) is 5.60 Å².